The number of aliphatic carboxylic acids is 1. The molecule has 2 aliphatic rings. The Labute approximate surface area is 149 Å². The number of carboxylic acid groups (broad SMARTS) is 1. The first-order chi connectivity index (χ1) is 10.4. The van der Waals surface area contributed by atoms with Gasteiger partial charge in [0.15, 0.2) is 0 Å². The Hall–Kier alpha value is -0.590. The number of hydrogen-bond donors (Lipinski definition) is 2. The average molecular weight is 452 g/mol. The highest BCUT2D eigenvalue weighted by atomic mass is 79.9. The second kappa shape index (κ2) is 6.13. The first-order valence-corrected chi connectivity index (χ1v) is 9.18. The number of alkyl halides is 2. The van der Waals surface area contributed by atoms with Crippen molar-refractivity contribution in [2.24, 2.45) is 23.7 Å². The van der Waals surface area contributed by atoms with E-state index < -0.39 is 17.8 Å². The minimum absolute atomic E-state index is 0.0228. The molecule has 3 rings (SSSR count). The lowest BCUT2D eigenvalue weighted by Gasteiger charge is -2.33. The summed E-state index contributed by atoms with van der Waals surface area (Å²) < 4.78 is 0. The molecule has 0 aromatic heterocycles. The molecule has 118 valence electrons. The second-order valence-corrected chi connectivity index (χ2v) is 8.39. The molecule has 7 heteroatoms. The van der Waals surface area contributed by atoms with Crippen LogP contribution in [0.4, 0.5) is 5.69 Å². The lowest BCUT2D eigenvalue weighted by atomic mass is 9.78. The van der Waals surface area contributed by atoms with E-state index in [9.17, 15) is 14.7 Å². The molecule has 2 bridgehead atoms. The molecule has 0 unspecified atom stereocenters. The van der Waals surface area contributed by atoms with Crippen LogP contribution in [0.1, 0.15) is 6.42 Å². The van der Waals surface area contributed by atoms with Crippen LogP contribution >= 0.6 is 43.5 Å². The topological polar surface area (TPSA) is 66.4 Å². The highest BCUT2D eigenvalue weighted by Gasteiger charge is 2.61. The molecule has 2 aliphatic carbocycles. The SMILES string of the molecule is O=C(Nc1cccc(Cl)c1)[C@H]1[C@@H]2C[C@@H]([C@H](Br)[C@@H]2Br)[C@@H]1C(=O)O. The molecule has 1 aromatic rings. The van der Waals surface area contributed by atoms with E-state index in [-0.39, 0.29) is 27.4 Å². The van der Waals surface area contributed by atoms with Crippen molar-refractivity contribution >= 4 is 61.0 Å². The number of nitrogens with one attached hydrogen (secondary N) is 1. The van der Waals surface area contributed by atoms with Crippen LogP contribution in [-0.2, 0) is 9.59 Å². The summed E-state index contributed by atoms with van der Waals surface area (Å²) in [5.74, 6) is -2.33. The maximum Gasteiger partial charge on any atom is 0.307 e. The summed E-state index contributed by atoms with van der Waals surface area (Å²) in [6.45, 7) is 0. The highest BCUT2D eigenvalue weighted by molar-refractivity contribution is 9.12. The van der Waals surface area contributed by atoms with Gasteiger partial charge in [-0.3, -0.25) is 9.59 Å². The number of fused-ring (bicyclic) bond motifs is 2. The van der Waals surface area contributed by atoms with Gasteiger partial charge in [0.1, 0.15) is 0 Å². The number of benzene rings is 1. The predicted molar refractivity (Wildman–Crippen MR) is 91.7 cm³/mol. The lowest BCUT2D eigenvalue weighted by Crippen LogP contribution is -2.45. The Morgan fingerprint density at radius 3 is 2.41 bits per heavy atom. The molecule has 6 atom stereocenters. The number of anilines is 1. The third-order valence-electron chi connectivity index (χ3n) is 4.66. The molecule has 0 heterocycles. The zero-order valence-electron chi connectivity index (χ0n) is 11.4. The number of carbonyl (C=O) groups excluding carboxylic acids is 1. The Morgan fingerprint density at radius 2 is 1.82 bits per heavy atom. The van der Waals surface area contributed by atoms with Crippen LogP contribution in [0.5, 0.6) is 0 Å². The fourth-order valence-corrected chi connectivity index (χ4v) is 5.82. The van der Waals surface area contributed by atoms with Crippen LogP contribution in [0, 0.1) is 23.7 Å². The normalized spacial score (nSPS) is 36.3. The fourth-order valence-electron chi connectivity index (χ4n) is 3.75. The lowest BCUT2D eigenvalue weighted by molar-refractivity contribution is -0.148. The average Bonchev–Trinajstić information content (AvgIpc) is 2.97. The molecule has 0 saturated heterocycles. The van der Waals surface area contributed by atoms with E-state index in [1.807, 2.05) is 0 Å². The van der Waals surface area contributed by atoms with Gasteiger partial charge >= 0.3 is 5.97 Å². The van der Waals surface area contributed by atoms with Gasteiger partial charge in [0.05, 0.1) is 11.8 Å². The van der Waals surface area contributed by atoms with Gasteiger partial charge in [-0.15, -0.1) is 0 Å². The molecule has 1 amide bonds. The van der Waals surface area contributed by atoms with E-state index in [1.54, 1.807) is 24.3 Å². The van der Waals surface area contributed by atoms with Gasteiger partial charge in [-0.05, 0) is 36.5 Å². The quantitative estimate of drug-likeness (QED) is 0.688. The Kier molecular flexibility index (Phi) is 4.54. The molecular formula is C15H14Br2ClNO3. The van der Waals surface area contributed by atoms with Crippen molar-refractivity contribution in [3.8, 4) is 0 Å². The third-order valence-corrected chi connectivity index (χ3v) is 8.10. The van der Waals surface area contributed by atoms with E-state index in [0.717, 1.165) is 6.42 Å². The first-order valence-electron chi connectivity index (χ1n) is 6.97. The zero-order chi connectivity index (χ0) is 16.0. The number of carbonyl (C=O) groups is 2. The smallest absolute Gasteiger partial charge is 0.307 e. The van der Waals surface area contributed by atoms with Gasteiger partial charge in [-0.1, -0.05) is 49.5 Å². The Bertz CT molecular complexity index is 627. The molecule has 2 N–H and O–H groups in total. The van der Waals surface area contributed by atoms with Crippen molar-refractivity contribution in [1.82, 2.24) is 0 Å². The molecule has 22 heavy (non-hydrogen) atoms. The van der Waals surface area contributed by atoms with Gasteiger partial charge in [-0.25, -0.2) is 0 Å². The summed E-state index contributed by atoms with van der Waals surface area (Å²) in [6.07, 6.45) is 0.746. The molecular weight excluding hydrogens is 437 g/mol. The van der Waals surface area contributed by atoms with Gasteiger partial charge in [0.25, 0.3) is 0 Å². The van der Waals surface area contributed by atoms with Crippen LogP contribution in [-0.4, -0.2) is 26.6 Å². The van der Waals surface area contributed by atoms with Crippen LogP contribution in [0.3, 0.4) is 0 Å². The summed E-state index contributed by atoms with van der Waals surface area (Å²) in [4.78, 5) is 24.5. The van der Waals surface area contributed by atoms with E-state index in [4.69, 9.17) is 11.6 Å². The van der Waals surface area contributed by atoms with Gasteiger partial charge in [0.2, 0.25) is 5.91 Å². The molecule has 1 aromatic carbocycles. The summed E-state index contributed by atoms with van der Waals surface area (Å²) in [5, 5.41) is 12.9. The zero-order valence-corrected chi connectivity index (χ0v) is 15.3. The Morgan fingerprint density at radius 1 is 1.18 bits per heavy atom. The Balaban J connectivity index is 1.83. The van der Waals surface area contributed by atoms with Crippen molar-refractivity contribution < 1.29 is 14.7 Å². The predicted octanol–water partition coefficient (Wildman–Crippen LogP) is 3.77. The minimum Gasteiger partial charge on any atom is -0.481 e. The monoisotopic (exact) mass is 449 g/mol. The first kappa shape index (κ1) is 16.3. The maximum absolute atomic E-state index is 12.6. The van der Waals surface area contributed by atoms with Gasteiger partial charge < -0.3 is 10.4 Å². The molecule has 0 radical (unpaired) electrons. The molecule has 2 fully saturated rings. The number of halogens is 3. The number of carboxylic acids is 1. The minimum atomic E-state index is -0.900. The van der Waals surface area contributed by atoms with Crippen molar-refractivity contribution in [2.45, 2.75) is 16.1 Å². The van der Waals surface area contributed by atoms with E-state index in [2.05, 4.69) is 37.2 Å². The highest BCUT2D eigenvalue weighted by Crippen LogP contribution is 2.57. The van der Waals surface area contributed by atoms with Gasteiger partial charge in [-0.2, -0.15) is 0 Å². The standard InChI is InChI=1S/C15H14Br2ClNO3/c16-12-8-5-9(13(12)17)11(15(21)22)10(8)14(20)19-7-3-1-2-6(18)4-7/h1-4,8-13H,5H2,(H,19,20)(H,21,22)/t8-,9+,10-,11-,12+,13-/m0/s1. The van der Waals surface area contributed by atoms with Gasteiger partial charge in [0, 0.05) is 20.4 Å². The summed E-state index contributed by atoms with van der Waals surface area (Å²) in [5.41, 5.74) is 0.589. The summed E-state index contributed by atoms with van der Waals surface area (Å²) >= 11 is 13.1. The second-order valence-electron chi connectivity index (χ2n) is 5.84. The third kappa shape index (κ3) is 2.69. The number of rotatable bonds is 3. The van der Waals surface area contributed by atoms with Crippen molar-refractivity contribution in [3.05, 3.63) is 29.3 Å². The largest absolute Gasteiger partial charge is 0.481 e. The number of hydrogen-bond acceptors (Lipinski definition) is 2. The molecule has 2 saturated carbocycles. The van der Waals surface area contributed by atoms with E-state index in [0.29, 0.717) is 10.7 Å². The van der Waals surface area contributed by atoms with Crippen LogP contribution in [0.15, 0.2) is 24.3 Å². The molecule has 4 nitrogen and oxygen atoms in total. The number of amides is 1. The van der Waals surface area contributed by atoms with Crippen molar-refractivity contribution in [3.63, 3.8) is 0 Å². The van der Waals surface area contributed by atoms with Crippen LogP contribution in [0.25, 0.3) is 0 Å². The van der Waals surface area contributed by atoms with Crippen molar-refractivity contribution in [2.75, 3.05) is 5.32 Å². The van der Waals surface area contributed by atoms with Crippen LogP contribution < -0.4 is 5.32 Å². The summed E-state index contributed by atoms with van der Waals surface area (Å²) in [6, 6.07) is 6.86. The molecule has 0 spiro atoms. The van der Waals surface area contributed by atoms with E-state index >= 15 is 0 Å². The maximum atomic E-state index is 12.6. The van der Waals surface area contributed by atoms with E-state index in [1.165, 1.54) is 0 Å². The van der Waals surface area contributed by atoms with Crippen molar-refractivity contribution in [1.29, 1.82) is 0 Å². The molecule has 0 aliphatic heterocycles. The summed E-state index contributed by atoms with van der Waals surface area (Å²) in [7, 11) is 0. The fraction of sp³-hybridized carbons (Fsp3) is 0.467. The van der Waals surface area contributed by atoms with Crippen LogP contribution in [0.2, 0.25) is 5.02 Å².